The Kier molecular flexibility index (Phi) is 8.48. The van der Waals surface area contributed by atoms with Crippen LogP contribution in [0, 0.1) is 22.7 Å². The minimum absolute atomic E-state index is 0.106. The van der Waals surface area contributed by atoms with E-state index in [1.54, 1.807) is 5.57 Å². The predicted octanol–water partition coefficient (Wildman–Crippen LogP) is 8.93. The highest BCUT2D eigenvalue weighted by Gasteiger charge is 2.51. The SMILES string of the molecule is CC1=CCC2C(C)(C)CCC[C@]2(C)C1CC/C(C)=C/CCC(C)OC(=O)Nc1ccccc1. The number of allylic oxidation sites excluding steroid dienone is 4. The van der Waals surface area contributed by atoms with Crippen molar-refractivity contribution in [2.24, 2.45) is 22.7 Å². The summed E-state index contributed by atoms with van der Waals surface area (Å²) < 4.78 is 5.51. The monoisotopic (exact) mass is 451 g/mol. The molecule has 4 atom stereocenters. The molecule has 0 aliphatic heterocycles. The second-order valence-electron chi connectivity index (χ2n) is 11.5. The van der Waals surface area contributed by atoms with Gasteiger partial charge in [0, 0.05) is 5.69 Å². The summed E-state index contributed by atoms with van der Waals surface area (Å²) in [5.41, 5.74) is 4.73. The first-order valence-corrected chi connectivity index (χ1v) is 13.0. The van der Waals surface area contributed by atoms with Crippen LogP contribution in [0.3, 0.4) is 0 Å². The predicted molar refractivity (Wildman–Crippen MR) is 139 cm³/mol. The Bertz CT molecular complexity index is 853. The average Bonchev–Trinajstić information content (AvgIpc) is 2.73. The van der Waals surface area contributed by atoms with Crippen molar-refractivity contribution in [3.8, 4) is 0 Å². The molecule has 0 spiro atoms. The molecule has 1 fully saturated rings. The Hall–Kier alpha value is -2.03. The summed E-state index contributed by atoms with van der Waals surface area (Å²) in [6, 6.07) is 9.43. The lowest BCUT2D eigenvalue weighted by atomic mass is 9.48. The van der Waals surface area contributed by atoms with Gasteiger partial charge >= 0.3 is 6.09 Å². The molecule has 3 unspecified atom stereocenters. The van der Waals surface area contributed by atoms with E-state index in [-0.39, 0.29) is 12.2 Å². The van der Waals surface area contributed by atoms with Crippen LogP contribution in [0.2, 0.25) is 0 Å². The van der Waals surface area contributed by atoms with Crippen LogP contribution in [-0.2, 0) is 4.74 Å². The van der Waals surface area contributed by atoms with E-state index in [2.05, 4.69) is 52.1 Å². The first-order chi connectivity index (χ1) is 15.6. The highest BCUT2D eigenvalue weighted by Crippen LogP contribution is 2.60. The van der Waals surface area contributed by atoms with E-state index in [0.717, 1.165) is 30.9 Å². The van der Waals surface area contributed by atoms with Crippen molar-refractivity contribution in [3.63, 3.8) is 0 Å². The molecule has 0 radical (unpaired) electrons. The van der Waals surface area contributed by atoms with Crippen molar-refractivity contribution in [2.75, 3.05) is 5.32 Å². The van der Waals surface area contributed by atoms with Crippen LogP contribution in [0.4, 0.5) is 10.5 Å². The third kappa shape index (κ3) is 6.52. The quantitative estimate of drug-likeness (QED) is 0.401. The maximum atomic E-state index is 12.1. The molecule has 3 rings (SSSR count). The van der Waals surface area contributed by atoms with E-state index in [1.165, 1.54) is 37.7 Å². The summed E-state index contributed by atoms with van der Waals surface area (Å²) in [6.07, 6.45) is 14.0. The Morgan fingerprint density at radius 1 is 1.21 bits per heavy atom. The molecule has 3 heteroatoms. The van der Waals surface area contributed by atoms with Gasteiger partial charge in [-0.15, -0.1) is 0 Å². The third-order valence-electron chi connectivity index (χ3n) is 8.52. The topological polar surface area (TPSA) is 38.3 Å². The summed E-state index contributed by atoms with van der Waals surface area (Å²) in [5.74, 6) is 1.50. The molecular weight excluding hydrogens is 406 g/mol. The van der Waals surface area contributed by atoms with Crippen LogP contribution < -0.4 is 5.32 Å². The maximum Gasteiger partial charge on any atom is 0.411 e. The van der Waals surface area contributed by atoms with Gasteiger partial charge in [0.1, 0.15) is 6.10 Å². The van der Waals surface area contributed by atoms with Crippen LogP contribution >= 0.6 is 0 Å². The van der Waals surface area contributed by atoms with Gasteiger partial charge in [-0.1, -0.05) is 68.7 Å². The zero-order valence-electron chi connectivity index (χ0n) is 21.7. The van der Waals surface area contributed by atoms with Gasteiger partial charge < -0.3 is 4.74 Å². The van der Waals surface area contributed by atoms with Crippen LogP contribution in [0.5, 0.6) is 0 Å². The largest absolute Gasteiger partial charge is 0.446 e. The number of carbonyl (C=O) groups excluding carboxylic acids is 1. The number of amides is 1. The number of hydrogen-bond acceptors (Lipinski definition) is 2. The molecule has 33 heavy (non-hydrogen) atoms. The maximum absolute atomic E-state index is 12.1. The number of anilines is 1. The zero-order chi connectivity index (χ0) is 24.1. The Labute approximate surface area is 202 Å². The van der Waals surface area contributed by atoms with Gasteiger partial charge in [0.25, 0.3) is 0 Å². The second-order valence-corrected chi connectivity index (χ2v) is 11.5. The number of nitrogens with one attached hydrogen (secondary N) is 1. The summed E-state index contributed by atoms with van der Waals surface area (Å²) in [6.45, 7) is 14.2. The molecule has 3 nitrogen and oxygen atoms in total. The molecule has 1 saturated carbocycles. The van der Waals surface area contributed by atoms with Gasteiger partial charge in [-0.25, -0.2) is 4.79 Å². The van der Waals surface area contributed by atoms with Crippen molar-refractivity contribution in [1.82, 2.24) is 0 Å². The van der Waals surface area contributed by atoms with Crippen molar-refractivity contribution in [2.45, 2.75) is 99.0 Å². The number of carbonyl (C=O) groups is 1. The first-order valence-electron chi connectivity index (χ1n) is 13.0. The van der Waals surface area contributed by atoms with E-state index < -0.39 is 0 Å². The number of hydrogen-bond donors (Lipinski definition) is 1. The normalized spacial score (nSPS) is 27.8. The number of benzene rings is 1. The van der Waals surface area contributed by atoms with E-state index in [9.17, 15) is 4.79 Å². The lowest BCUT2D eigenvalue weighted by Gasteiger charge is -2.57. The van der Waals surface area contributed by atoms with E-state index in [1.807, 2.05) is 37.3 Å². The zero-order valence-corrected chi connectivity index (χ0v) is 21.7. The highest BCUT2D eigenvalue weighted by atomic mass is 16.6. The van der Waals surface area contributed by atoms with Gasteiger partial charge in [-0.05, 0) is 101 Å². The molecular formula is C30H45NO2. The number of fused-ring (bicyclic) bond motifs is 1. The summed E-state index contributed by atoms with van der Waals surface area (Å²) in [4.78, 5) is 12.1. The van der Waals surface area contributed by atoms with Gasteiger partial charge in [0.15, 0.2) is 0 Å². The van der Waals surface area contributed by atoms with Crippen molar-refractivity contribution >= 4 is 11.8 Å². The van der Waals surface area contributed by atoms with E-state index in [0.29, 0.717) is 16.7 Å². The molecule has 2 aliphatic carbocycles. The number of rotatable bonds is 8. The molecule has 0 bridgehead atoms. The summed E-state index contributed by atoms with van der Waals surface area (Å²) in [7, 11) is 0. The Balaban J connectivity index is 1.46. The summed E-state index contributed by atoms with van der Waals surface area (Å²) >= 11 is 0. The minimum atomic E-state index is -0.382. The Morgan fingerprint density at radius 3 is 2.67 bits per heavy atom. The molecule has 1 aromatic carbocycles. The standard InChI is InChI=1S/C30H45NO2/c1-22(12-10-13-24(3)33-28(32)31-25-14-8-7-9-15-25)16-18-26-23(2)17-19-27-29(4,5)20-11-21-30(26,27)6/h7-9,12,14-15,17,24,26-27H,10-11,13,16,18-21H2,1-6H3,(H,31,32)/b22-12+/t24?,26?,27?,30-/m1/s1. The molecule has 2 aliphatic rings. The molecule has 0 aromatic heterocycles. The van der Waals surface area contributed by atoms with Gasteiger partial charge in [-0.3, -0.25) is 5.32 Å². The molecule has 1 aromatic rings. The van der Waals surface area contributed by atoms with Crippen LogP contribution in [0.25, 0.3) is 0 Å². The molecule has 1 N–H and O–H groups in total. The fourth-order valence-electron chi connectivity index (χ4n) is 6.64. The minimum Gasteiger partial charge on any atom is -0.446 e. The van der Waals surface area contributed by atoms with Gasteiger partial charge in [0.2, 0.25) is 0 Å². The van der Waals surface area contributed by atoms with Gasteiger partial charge in [0.05, 0.1) is 0 Å². The van der Waals surface area contributed by atoms with Crippen LogP contribution in [0.15, 0.2) is 53.6 Å². The molecule has 0 saturated heterocycles. The first kappa shape index (κ1) is 25.6. The lowest BCUT2D eigenvalue weighted by molar-refractivity contribution is -0.0390. The highest BCUT2D eigenvalue weighted by molar-refractivity contribution is 5.84. The molecule has 0 heterocycles. The van der Waals surface area contributed by atoms with Crippen LogP contribution in [0.1, 0.15) is 92.9 Å². The number of ether oxygens (including phenoxy) is 1. The van der Waals surface area contributed by atoms with Crippen molar-refractivity contribution in [1.29, 1.82) is 0 Å². The summed E-state index contributed by atoms with van der Waals surface area (Å²) in [5, 5.41) is 2.78. The van der Waals surface area contributed by atoms with E-state index in [4.69, 9.17) is 4.74 Å². The van der Waals surface area contributed by atoms with Crippen molar-refractivity contribution in [3.05, 3.63) is 53.6 Å². The lowest BCUT2D eigenvalue weighted by Crippen LogP contribution is -2.48. The fraction of sp³-hybridized carbons (Fsp3) is 0.633. The average molecular weight is 452 g/mol. The number of para-hydroxylation sites is 1. The van der Waals surface area contributed by atoms with E-state index >= 15 is 0 Å². The molecule has 182 valence electrons. The van der Waals surface area contributed by atoms with Crippen LogP contribution in [-0.4, -0.2) is 12.2 Å². The van der Waals surface area contributed by atoms with Gasteiger partial charge in [-0.2, -0.15) is 0 Å². The van der Waals surface area contributed by atoms with Crippen molar-refractivity contribution < 1.29 is 9.53 Å². The smallest absolute Gasteiger partial charge is 0.411 e. The third-order valence-corrected chi connectivity index (χ3v) is 8.52. The Morgan fingerprint density at radius 2 is 1.94 bits per heavy atom. The fourth-order valence-corrected chi connectivity index (χ4v) is 6.64. The second kappa shape index (κ2) is 10.9. The molecule has 1 amide bonds.